The number of pyridine rings is 1. The van der Waals surface area contributed by atoms with Crippen molar-refractivity contribution in [2.45, 2.75) is 13.3 Å². The van der Waals surface area contributed by atoms with Crippen LogP contribution in [0.4, 0.5) is 5.82 Å². The average molecular weight is 336 g/mol. The van der Waals surface area contributed by atoms with Crippen LogP contribution in [0.2, 0.25) is 0 Å². The summed E-state index contributed by atoms with van der Waals surface area (Å²) in [6, 6.07) is 13.7. The SMILES string of the molecule is COC(=O)c1ccc(NCCc2ccc(-n3cccn3)cc2)nc1C. The molecule has 2 heterocycles. The van der Waals surface area contributed by atoms with E-state index in [0.29, 0.717) is 11.3 Å². The zero-order valence-electron chi connectivity index (χ0n) is 14.3. The number of rotatable bonds is 6. The van der Waals surface area contributed by atoms with E-state index in [9.17, 15) is 4.79 Å². The van der Waals surface area contributed by atoms with Crippen LogP contribution in [-0.2, 0) is 11.2 Å². The Morgan fingerprint density at radius 1 is 1.20 bits per heavy atom. The van der Waals surface area contributed by atoms with Crippen LogP contribution in [0.1, 0.15) is 21.6 Å². The highest BCUT2D eigenvalue weighted by Crippen LogP contribution is 2.13. The van der Waals surface area contributed by atoms with Crippen LogP contribution in [0.15, 0.2) is 54.9 Å². The van der Waals surface area contributed by atoms with Gasteiger partial charge in [-0.05, 0) is 49.2 Å². The Morgan fingerprint density at radius 2 is 2.00 bits per heavy atom. The van der Waals surface area contributed by atoms with Crippen molar-refractivity contribution in [3.05, 3.63) is 71.7 Å². The van der Waals surface area contributed by atoms with E-state index in [1.807, 2.05) is 16.9 Å². The third-order valence-corrected chi connectivity index (χ3v) is 3.92. The molecule has 0 fully saturated rings. The van der Waals surface area contributed by atoms with Crippen molar-refractivity contribution in [1.82, 2.24) is 14.8 Å². The van der Waals surface area contributed by atoms with Crippen LogP contribution < -0.4 is 5.32 Å². The van der Waals surface area contributed by atoms with E-state index in [1.165, 1.54) is 12.7 Å². The zero-order valence-corrected chi connectivity index (χ0v) is 14.3. The fraction of sp³-hybridized carbons (Fsp3) is 0.211. The first-order chi connectivity index (χ1) is 12.2. The molecule has 3 rings (SSSR count). The lowest BCUT2D eigenvalue weighted by Crippen LogP contribution is -2.10. The predicted octanol–water partition coefficient (Wildman–Crippen LogP) is 3.02. The van der Waals surface area contributed by atoms with Crippen LogP contribution in [-0.4, -0.2) is 34.4 Å². The molecule has 6 nitrogen and oxygen atoms in total. The number of benzene rings is 1. The Morgan fingerprint density at radius 3 is 2.64 bits per heavy atom. The molecule has 0 saturated heterocycles. The van der Waals surface area contributed by atoms with E-state index in [-0.39, 0.29) is 5.97 Å². The van der Waals surface area contributed by atoms with Crippen LogP contribution in [0.25, 0.3) is 5.69 Å². The number of esters is 1. The van der Waals surface area contributed by atoms with Gasteiger partial charge >= 0.3 is 5.97 Å². The lowest BCUT2D eigenvalue weighted by Gasteiger charge is -2.09. The Labute approximate surface area is 146 Å². The molecule has 0 aliphatic carbocycles. The molecule has 25 heavy (non-hydrogen) atoms. The second-order valence-corrected chi connectivity index (χ2v) is 5.61. The Bertz CT molecular complexity index is 842. The molecule has 6 heteroatoms. The number of carbonyl (C=O) groups is 1. The first kappa shape index (κ1) is 16.7. The highest BCUT2D eigenvalue weighted by Gasteiger charge is 2.10. The van der Waals surface area contributed by atoms with Crippen LogP contribution in [0.5, 0.6) is 0 Å². The van der Waals surface area contributed by atoms with Gasteiger partial charge < -0.3 is 10.1 Å². The summed E-state index contributed by atoms with van der Waals surface area (Å²) in [6.07, 6.45) is 4.56. The van der Waals surface area contributed by atoms with Gasteiger partial charge in [0.2, 0.25) is 0 Å². The van der Waals surface area contributed by atoms with Crippen molar-refractivity contribution in [1.29, 1.82) is 0 Å². The minimum absolute atomic E-state index is 0.367. The van der Waals surface area contributed by atoms with Crippen molar-refractivity contribution in [2.24, 2.45) is 0 Å². The van der Waals surface area contributed by atoms with Crippen LogP contribution >= 0.6 is 0 Å². The number of aryl methyl sites for hydroxylation is 1. The molecular formula is C19H20N4O2. The van der Waals surface area contributed by atoms with Crippen molar-refractivity contribution in [3.63, 3.8) is 0 Å². The molecule has 128 valence electrons. The van der Waals surface area contributed by atoms with Gasteiger partial charge in [0, 0.05) is 18.9 Å². The van der Waals surface area contributed by atoms with Gasteiger partial charge in [-0.1, -0.05) is 12.1 Å². The minimum atomic E-state index is -0.367. The fourth-order valence-electron chi connectivity index (χ4n) is 2.56. The number of nitrogens with zero attached hydrogens (tertiary/aromatic N) is 3. The summed E-state index contributed by atoms with van der Waals surface area (Å²) in [5.74, 6) is 0.382. The maximum atomic E-state index is 11.6. The van der Waals surface area contributed by atoms with E-state index in [1.54, 1.807) is 25.3 Å². The lowest BCUT2D eigenvalue weighted by molar-refractivity contribution is 0.0599. The number of hydrogen-bond donors (Lipinski definition) is 1. The first-order valence-electron chi connectivity index (χ1n) is 8.06. The van der Waals surface area contributed by atoms with Gasteiger partial charge in [0.1, 0.15) is 5.82 Å². The molecule has 0 spiro atoms. The number of aromatic nitrogens is 3. The Hall–Kier alpha value is -3.15. The second-order valence-electron chi connectivity index (χ2n) is 5.61. The molecule has 0 amide bonds. The van der Waals surface area contributed by atoms with Gasteiger partial charge in [0.05, 0.1) is 24.1 Å². The number of hydrogen-bond acceptors (Lipinski definition) is 5. The average Bonchev–Trinajstić information content (AvgIpc) is 3.16. The van der Waals surface area contributed by atoms with Crippen molar-refractivity contribution < 1.29 is 9.53 Å². The maximum absolute atomic E-state index is 11.6. The molecule has 1 aromatic carbocycles. The maximum Gasteiger partial charge on any atom is 0.339 e. The summed E-state index contributed by atoms with van der Waals surface area (Å²) in [5.41, 5.74) is 3.41. The van der Waals surface area contributed by atoms with E-state index in [0.717, 1.165) is 24.5 Å². The van der Waals surface area contributed by atoms with Gasteiger partial charge in [0.15, 0.2) is 0 Å². The Kier molecular flexibility index (Phi) is 5.09. The number of methoxy groups -OCH3 is 1. The van der Waals surface area contributed by atoms with Gasteiger partial charge in [-0.25, -0.2) is 14.5 Å². The van der Waals surface area contributed by atoms with Crippen LogP contribution in [0, 0.1) is 6.92 Å². The number of carbonyl (C=O) groups excluding carboxylic acids is 1. The molecule has 0 unspecified atom stereocenters. The van der Waals surface area contributed by atoms with Crippen molar-refractivity contribution in [3.8, 4) is 5.69 Å². The van der Waals surface area contributed by atoms with E-state index >= 15 is 0 Å². The summed E-state index contributed by atoms with van der Waals surface area (Å²) < 4.78 is 6.56. The number of anilines is 1. The third-order valence-electron chi connectivity index (χ3n) is 3.92. The molecule has 3 aromatic rings. The third kappa shape index (κ3) is 4.03. The normalized spacial score (nSPS) is 10.5. The smallest absolute Gasteiger partial charge is 0.339 e. The number of nitrogens with one attached hydrogen (secondary N) is 1. The second kappa shape index (κ2) is 7.61. The van der Waals surface area contributed by atoms with Gasteiger partial charge in [-0.2, -0.15) is 5.10 Å². The quantitative estimate of drug-likeness (QED) is 0.701. The number of ether oxygens (including phenoxy) is 1. The molecule has 0 radical (unpaired) electrons. The largest absolute Gasteiger partial charge is 0.465 e. The molecule has 0 aliphatic heterocycles. The van der Waals surface area contributed by atoms with Crippen LogP contribution in [0.3, 0.4) is 0 Å². The lowest BCUT2D eigenvalue weighted by atomic mass is 10.1. The summed E-state index contributed by atoms with van der Waals surface area (Å²) >= 11 is 0. The van der Waals surface area contributed by atoms with Crippen molar-refractivity contribution >= 4 is 11.8 Å². The molecule has 0 aliphatic rings. The highest BCUT2D eigenvalue weighted by atomic mass is 16.5. The van der Waals surface area contributed by atoms with Gasteiger partial charge in [-0.15, -0.1) is 0 Å². The van der Waals surface area contributed by atoms with Gasteiger partial charge in [0.25, 0.3) is 0 Å². The monoisotopic (exact) mass is 336 g/mol. The Balaban J connectivity index is 1.56. The topological polar surface area (TPSA) is 69.0 Å². The predicted molar refractivity (Wildman–Crippen MR) is 96.1 cm³/mol. The summed E-state index contributed by atoms with van der Waals surface area (Å²) in [7, 11) is 1.37. The summed E-state index contributed by atoms with van der Waals surface area (Å²) in [6.45, 7) is 2.55. The first-order valence-corrected chi connectivity index (χ1v) is 8.06. The molecule has 0 bridgehead atoms. The fourth-order valence-corrected chi connectivity index (χ4v) is 2.56. The van der Waals surface area contributed by atoms with Crippen molar-refractivity contribution in [2.75, 3.05) is 19.0 Å². The standard InChI is InChI=1S/C19H20N4O2/c1-14-17(19(24)25-2)8-9-18(22-14)20-12-10-15-4-6-16(7-5-15)23-13-3-11-21-23/h3-9,11,13H,10,12H2,1-2H3,(H,20,22). The van der Waals surface area contributed by atoms with Gasteiger partial charge in [-0.3, -0.25) is 0 Å². The van der Waals surface area contributed by atoms with E-state index in [2.05, 4.69) is 39.7 Å². The molecule has 0 saturated carbocycles. The highest BCUT2D eigenvalue weighted by molar-refractivity contribution is 5.90. The zero-order chi connectivity index (χ0) is 17.6. The minimum Gasteiger partial charge on any atom is -0.465 e. The van der Waals surface area contributed by atoms with E-state index < -0.39 is 0 Å². The molecule has 1 N–H and O–H groups in total. The van der Waals surface area contributed by atoms with E-state index in [4.69, 9.17) is 4.74 Å². The summed E-state index contributed by atoms with van der Waals surface area (Å²) in [5, 5.41) is 7.49. The molecule has 2 aromatic heterocycles. The molecule has 0 atom stereocenters. The summed E-state index contributed by atoms with van der Waals surface area (Å²) in [4.78, 5) is 16.0. The molecular weight excluding hydrogens is 316 g/mol.